The van der Waals surface area contributed by atoms with Crippen LogP contribution in [-0.4, -0.2) is 22.8 Å². The summed E-state index contributed by atoms with van der Waals surface area (Å²) in [6, 6.07) is 27.9. The third kappa shape index (κ3) is 5.94. The minimum Gasteiger partial charge on any atom is -0.354 e. The first kappa shape index (κ1) is 27.3. The number of allylic oxidation sites excluding steroid dienone is 3. The lowest BCUT2D eigenvalue weighted by atomic mass is 9.85. The summed E-state index contributed by atoms with van der Waals surface area (Å²) >= 11 is 14.3. The SMILES string of the molecule is CN1C=CCC=C1C(c1ccc(Cl)cc1)c1ccc2nc(C(=O)NCc3cccs3)cc(-c3cccc(Cl)c3)c2c1. The summed E-state index contributed by atoms with van der Waals surface area (Å²) in [5, 5.41) is 7.30. The molecule has 1 N–H and O–H groups in total. The third-order valence-corrected chi connectivity index (χ3v) is 8.60. The van der Waals surface area contributed by atoms with Gasteiger partial charge >= 0.3 is 0 Å². The molecule has 41 heavy (non-hydrogen) atoms. The molecule has 4 nitrogen and oxygen atoms in total. The van der Waals surface area contributed by atoms with Gasteiger partial charge in [-0.3, -0.25) is 4.79 Å². The van der Waals surface area contributed by atoms with Crippen LogP contribution in [0.1, 0.15) is 38.8 Å². The van der Waals surface area contributed by atoms with Crippen LogP contribution in [0.3, 0.4) is 0 Å². The predicted octanol–water partition coefficient (Wildman–Crippen LogP) is 9.07. The first-order chi connectivity index (χ1) is 20.0. The van der Waals surface area contributed by atoms with Crippen molar-refractivity contribution in [2.45, 2.75) is 18.9 Å². The Labute approximate surface area is 253 Å². The number of amides is 1. The maximum atomic E-state index is 13.2. The predicted molar refractivity (Wildman–Crippen MR) is 171 cm³/mol. The lowest BCUT2D eigenvalue weighted by Gasteiger charge is -2.30. The minimum atomic E-state index is -0.215. The van der Waals surface area contributed by atoms with E-state index in [1.807, 2.05) is 66.0 Å². The van der Waals surface area contributed by atoms with E-state index in [1.54, 1.807) is 11.3 Å². The number of pyridine rings is 1. The van der Waals surface area contributed by atoms with Gasteiger partial charge in [-0.2, -0.15) is 0 Å². The van der Waals surface area contributed by atoms with E-state index >= 15 is 0 Å². The quantitative estimate of drug-likeness (QED) is 0.204. The molecule has 1 atom stereocenters. The Bertz CT molecular complexity index is 1780. The molecular weight excluding hydrogens is 569 g/mol. The highest BCUT2D eigenvalue weighted by Crippen LogP contribution is 2.39. The number of nitrogens with zero attached hydrogens (tertiary/aromatic N) is 2. The van der Waals surface area contributed by atoms with Crippen LogP contribution in [0.5, 0.6) is 0 Å². The number of hydrogen-bond acceptors (Lipinski definition) is 4. The molecule has 5 aromatic rings. The Kier molecular flexibility index (Phi) is 7.93. The Hall–Kier alpha value is -3.90. The number of benzene rings is 3. The molecule has 3 heterocycles. The van der Waals surface area contributed by atoms with Gasteiger partial charge in [0, 0.05) is 39.0 Å². The average Bonchev–Trinajstić information content (AvgIpc) is 3.51. The summed E-state index contributed by atoms with van der Waals surface area (Å²) < 4.78 is 0. The van der Waals surface area contributed by atoms with E-state index in [1.165, 1.54) is 5.70 Å². The molecule has 1 unspecified atom stereocenters. The molecule has 0 fully saturated rings. The monoisotopic (exact) mass is 595 g/mol. The lowest BCUT2D eigenvalue weighted by Crippen LogP contribution is -2.23. The van der Waals surface area contributed by atoms with Crippen LogP contribution in [-0.2, 0) is 6.54 Å². The van der Waals surface area contributed by atoms with Crippen molar-refractivity contribution in [3.05, 3.63) is 146 Å². The molecule has 1 aliphatic heterocycles. The Morgan fingerprint density at radius 2 is 1.80 bits per heavy atom. The molecule has 0 spiro atoms. The number of carbonyl (C=O) groups is 1. The van der Waals surface area contributed by atoms with E-state index in [-0.39, 0.29) is 11.8 Å². The van der Waals surface area contributed by atoms with Crippen LogP contribution >= 0.6 is 34.5 Å². The van der Waals surface area contributed by atoms with Gasteiger partial charge < -0.3 is 10.2 Å². The fourth-order valence-electron chi connectivity index (χ4n) is 5.25. The second-order valence-electron chi connectivity index (χ2n) is 9.95. The van der Waals surface area contributed by atoms with Crippen molar-refractivity contribution < 1.29 is 4.79 Å². The van der Waals surface area contributed by atoms with Crippen molar-refractivity contribution in [2.75, 3.05) is 7.05 Å². The normalized spacial score (nSPS) is 13.7. The molecule has 2 aromatic heterocycles. The molecular formula is C34H27Cl2N3OS. The first-order valence-electron chi connectivity index (χ1n) is 13.3. The van der Waals surface area contributed by atoms with Crippen molar-refractivity contribution in [1.29, 1.82) is 0 Å². The fourth-order valence-corrected chi connectivity index (χ4v) is 6.21. The highest BCUT2D eigenvalue weighted by molar-refractivity contribution is 7.09. The zero-order valence-corrected chi connectivity index (χ0v) is 24.7. The summed E-state index contributed by atoms with van der Waals surface area (Å²) in [6.07, 6.45) is 7.39. The zero-order valence-electron chi connectivity index (χ0n) is 22.4. The topological polar surface area (TPSA) is 45.2 Å². The van der Waals surface area contributed by atoms with Crippen LogP contribution in [0.25, 0.3) is 22.0 Å². The number of thiophene rings is 1. The van der Waals surface area contributed by atoms with Crippen LogP contribution in [0.2, 0.25) is 10.0 Å². The highest BCUT2D eigenvalue weighted by atomic mass is 35.5. The molecule has 0 bridgehead atoms. The number of likely N-dealkylation sites (N-methyl/N-ethyl adjacent to an activating group) is 1. The molecule has 0 aliphatic carbocycles. The molecule has 7 heteroatoms. The number of nitrogens with one attached hydrogen (secondary N) is 1. The highest BCUT2D eigenvalue weighted by Gasteiger charge is 2.24. The minimum absolute atomic E-state index is 0.0207. The number of aromatic nitrogens is 1. The van der Waals surface area contributed by atoms with Crippen molar-refractivity contribution in [3.8, 4) is 11.1 Å². The molecule has 204 valence electrons. The van der Waals surface area contributed by atoms with Gasteiger partial charge in [-0.05, 0) is 88.8 Å². The first-order valence-corrected chi connectivity index (χ1v) is 15.0. The second kappa shape index (κ2) is 11.9. The second-order valence-corrected chi connectivity index (χ2v) is 11.9. The molecule has 6 rings (SSSR count). The van der Waals surface area contributed by atoms with Crippen molar-refractivity contribution in [3.63, 3.8) is 0 Å². The fraction of sp³-hybridized carbons (Fsp3) is 0.118. The average molecular weight is 597 g/mol. The van der Waals surface area contributed by atoms with E-state index in [0.717, 1.165) is 44.5 Å². The number of hydrogen-bond donors (Lipinski definition) is 1. The summed E-state index contributed by atoms with van der Waals surface area (Å²) in [5.41, 5.74) is 6.39. The summed E-state index contributed by atoms with van der Waals surface area (Å²) in [5.74, 6) is -0.236. The largest absolute Gasteiger partial charge is 0.354 e. The van der Waals surface area contributed by atoms with Crippen molar-refractivity contribution >= 4 is 51.3 Å². The standard InChI is InChI=1S/C34H27Cl2N3OS/c1-39-16-3-2-9-32(39)33(22-10-13-25(35)14-11-22)24-12-15-30-29(19-24)28(23-6-4-7-26(36)18-23)20-31(38-30)34(40)37-21-27-8-5-17-41-27/h3-20,33H,2,21H2,1H3,(H,37,40). The van der Waals surface area contributed by atoms with Crippen LogP contribution in [0, 0.1) is 0 Å². The Morgan fingerprint density at radius 1 is 0.976 bits per heavy atom. The lowest BCUT2D eigenvalue weighted by molar-refractivity contribution is 0.0946. The van der Waals surface area contributed by atoms with Crippen LogP contribution in [0.4, 0.5) is 0 Å². The number of fused-ring (bicyclic) bond motifs is 1. The van der Waals surface area contributed by atoms with Gasteiger partial charge in [0.2, 0.25) is 0 Å². The van der Waals surface area contributed by atoms with Gasteiger partial charge in [-0.1, -0.05) is 71.8 Å². The van der Waals surface area contributed by atoms with Gasteiger partial charge in [0.1, 0.15) is 5.69 Å². The van der Waals surface area contributed by atoms with Gasteiger partial charge in [0.15, 0.2) is 0 Å². The molecule has 1 amide bonds. The van der Waals surface area contributed by atoms with Gasteiger partial charge in [0.25, 0.3) is 5.91 Å². The number of carbonyl (C=O) groups excluding carboxylic acids is 1. The third-order valence-electron chi connectivity index (χ3n) is 7.24. The van der Waals surface area contributed by atoms with E-state index in [4.69, 9.17) is 28.2 Å². The number of rotatable bonds is 7. The van der Waals surface area contributed by atoms with E-state index in [2.05, 4.69) is 59.9 Å². The maximum absolute atomic E-state index is 13.2. The van der Waals surface area contributed by atoms with Crippen molar-refractivity contribution in [2.24, 2.45) is 0 Å². The Balaban J connectivity index is 1.48. The van der Waals surface area contributed by atoms with E-state index in [0.29, 0.717) is 22.3 Å². The smallest absolute Gasteiger partial charge is 0.270 e. The van der Waals surface area contributed by atoms with E-state index in [9.17, 15) is 4.79 Å². The summed E-state index contributed by atoms with van der Waals surface area (Å²) in [7, 11) is 2.07. The van der Waals surface area contributed by atoms with Gasteiger partial charge in [-0.25, -0.2) is 4.98 Å². The van der Waals surface area contributed by atoms with Crippen LogP contribution in [0.15, 0.2) is 114 Å². The molecule has 0 saturated heterocycles. The summed E-state index contributed by atoms with van der Waals surface area (Å²) in [6.45, 7) is 0.460. The van der Waals surface area contributed by atoms with E-state index < -0.39 is 0 Å². The Morgan fingerprint density at radius 3 is 2.56 bits per heavy atom. The van der Waals surface area contributed by atoms with Gasteiger partial charge in [-0.15, -0.1) is 11.3 Å². The maximum Gasteiger partial charge on any atom is 0.270 e. The summed E-state index contributed by atoms with van der Waals surface area (Å²) in [4.78, 5) is 21.3. The molecule has 0 radical (unpaired) electrons. The molecule has 0 saturated carbocycles. The number of halogens is 2. The van der Waals surface area contributed by atoms with Crippen LogP contribution < -0.4 is 5.32 Å². The van der Waals surface area contributed by atoms with Crippen molar-refractivity contribution in [1.82, 2.24) is 15.2 Å². The zero-order chi connectivity index (χ0) is 28.3. The molecule has 1 aliphatic rings. The van der Waals surface area contributed by atoms with Gasteiger partial charge in [0.05, 0.1) is 12.1 Å². The molecule has 3 aromatic carbocycles.